The highest BCUT2D eigenvalue weighted by atomic mass is 16.5. The van der Waals surface area contributed by atoms with Crippen molar-refractivity contribution in [2.45, 2.75) is 0 Å². The maximum Gasteiger partial charge on any atom is 0.324 e. The SMILES string of the molecule is COc1nc(OC)nc(N2CC3CN(C)CC3C2)n1. The van der Waals surface area contributed by atoms with Gasteiger partial charge in [-0.25, -0.2) is 0 Å². The van der Waals surface area contributed by atoms with Crippen molar-refractivity contribution < 1.29 is 9.47 Å². The van der Waals surface area contributed by atoms with Crippen LogP contribution in [-0.4, -0.2) is 67.3 Å². The molecule has 0 amide bonds. The Labute approximate surface area is 112 Å². The normalized spacial score (nSPS) is 26.6. The number of aromatic nitrogens is 3. The Bertz CT molecular complexity index is 433. The molecule has 2 aliphatic heterocycles. The molecule has 0 saturated carbocycles. The number of methoxy groups -OCH3 is 2. The Hall–Kier alpha value is -1.63. The lowest BCUT2D eigenvalue weighted by Gasteiger charge is -2.19. The molecular formula is C12H19N5O2. The first-order chi connectivity index (χ1) is 9.19. The molecule has 2 aliphatic rings. The molecule has 0 radical (unpaired) electrons. The third-order valence-electron chi connectivity index (χ3n) is 3.90. The van der Waals surface area contributed by atoms with E-state index in [9.17, 15) is 0 Å². The van der Waals surface area contributed by atoms with Gasteiger partial charge in [-0.05, 0) is 18.9 Å². The summed E-state index contributed by atoms with van der Waals surface area (Å²) in [7, 11) is 5.27. The van der Waals surface area contributed by atoms with Gasteiger partial charge in [0.25, 0.3) is 0 Å². The average Bonchev–Trinajstić information content (AvgIpc) is 2.95. The lowest BCUT2D eigenvalue weighted by molar-refractivity contribution is 0.339. The number of fused-ring (bicyclic) bond motifs is 1. The molecule has 0 aliphatic carbocycles. The quantitative estimate of drug-likeness (QED) is 0.755. The molecule has 2 atom stereocenters. The lowest BCUT2D eigenvalue weighted by Crippen LogP contribution is -2.28. The molecule has 0 N–H and O–H groups in total. The van der Waals surface area contributed by atoms with Crippen molar-refractivity contribution in [3.63, 3.8) is 0 Å². The van der Waals surface area contributed by atoms with Crippen LogP contribution in [0.15, 0.2) is 0 Å². The first-order valence-corrected chi connectivity index (χ1v) is 6.47. The van der Waals surface area contributed by atoms with E-state index in [2.05, 4.69) is 31.8 Å². The number of hydrogen-bond acceptors (Lipinski definition) is 7. The highest BCUT2D eigenvalue weighted by molar-refractivity contribution is 5.35. The lowest BCUT2D eigenvalue weighted by atomic mass is 10.0. The van der Waals surface area contributed by atoms with E-state index in [0.29, 0.717) is 29.8 Å². The molecule has 0 spiro atoms. The molecule has 3 rings (SSSR count). The molecule has 19 heavy (non-hydrogen) atoms. The summed E-state index contributed by atoms with van der Waals surface area (Å²) in [6, 6.07) is 0.604. The van der Waals surface area contributed by atoms with Crippen LogP contribution in [0.25, 0.3) is 0 Å². The van der Waals surface area contributed by atoms with Crippen LogP contribution < -0.4 is 14.4 Å². The van der Waals surface area contributed by atoms with Gasteiger partial charge >= 0.3 is 12.0 Å². The Morgan fingerprint density at radius 2 is 1.42 bits per heavy atom. The number of rotatable bonds is 3. The molecule has 104 valence electrons. The minimum absolute atomic E-state index is 0.302. The third kappa shape index (κ3) is 2.30. The molecule has 7 nitrogen and oxygen atoms in total. The second kappa shape index (κ2) is 4.80. The minimum atomic E-state index is 0.302. The zero-order chi connectivity index (χ0) is 13.4. The predicted octanol–water partition coefficient (Wildman–Crippen LogP) is -0.113. The summed E-state index contributed by atoms with van der Waals surface area (Å²) in [5.74, 6) is 2.07. The number of anilines is 1. The van der Waals surface area contributed by atoms with Gasteiger partial charge in [0.05, 0.1) is 14.2 Å². The number of hydrogen-bond donors (Lipinski definition) is 0. The highest BCUT2D eigenvalue weighted by Gasteiger charge is 2.39. The fourth-order valence-electron chi connectivity index (χ4n) is 3.04. The van der Waals surface area contributed by atoms with E-state index in [1.165, 1.54) is 0 Å². The maximum atomic E-state index is 5.09. The van der Waals surface area contributed by atoms with Crippen LogP contribution in [0.2, 0.25) is 0 Å². The van der Waals surface area contributed by atoms with Crippen LogP contribution in [0, 0.1) is 11.8 Å². The van der Waals surface area contributed by atoms with Crippen molar-refractivity contribution in [2.24, 2.45) is 11.8 Å². The van der Waals surface area contributed by atoms with Crippen molar-refractivity contribution >= 4 is 5.95 Å². The van der Waals surface area contributed by atoms with Gasteiger partial charge in [0, 0.05) is 26.2 Å². The topological polar surface area (TPSA) is 63.6 Å². The van der Waals surface area contributed by atoms with Gasteiger partial charge in [-0.3, -0.25) is 0 Å². The first-order valence-electron chi connectivity index (χ1n) is 6.47. The molecule has 7 heteroatoms. The Kier molecular flexibility index (Phi) is 3.14. The molecule has 2 unspecified atom stereocenters. The van der Waals surface area contributed by atoms with Crippen molar-refractivity contribution in [3.05, 3.63) is 0 Å². The Morgan fingerprint density at radius 3 is 1.89 bits per heavy atom. The van der Waals surface area contributed by atoms with E-state index in [0.717, 1.165) is 26.2 Å². The maximum absolute atomic E-state index is 5.09. The molecule has 2 fully saturated rings. The number of likely N-dealkylation sites (tertiary alicyclic amines) is 1. The summed E-state index contributed by atoms with van der Waals surface area (Å²) in [6.45, 7) is 4.29. The Balaban J connectivity index is 1.80. The fourth-order valence-corrected chi connectivity index (χ4v) is 3.04. The van der Waals surface area contributed by atoms with Gasteiger partial charge in [-0.15, -0.1) is 4.98 Å². The van der Waals surface area contributed by atoms with Crippen LogP contribution in [0.5, 0.6) is 12.0 Å². The van der Waals surface area contributed by atoms with Crippen LogP contribution >= 0.6 is 0 Å². The summed E-state index contributed by atoms with van der Waals surface area (Å²) in [4.78, 5) is 17.3. The van der Waals surface area contributed by atoms with Gasteiger partial charge in [0.15, 0.2) is 0 Å². The van der Waals surface area contributed by atoms with Gasteiger partial charge < -0.3 is 19.3 Å². The van der Waals surface area contributed by atoms with Gasteiger partial charge in [-0.2, -0.15) is 9.97 Å². The van der Waals surface area contributed by atoms with Crippen molar-refractivity contribution in [1.29, 1.82) is 0 Å². The van der Waals surface area contributed by atoms with E-state index < -0.39 is 0 Å². The summed E-state index contributed by atoms with van der Waals surface area (Å²) < 4.78 is 10.2. The second-order valence-electron chi connectivity index (χ2n) is 5.26. The smallest absolute Gasteiger partial charge is 0.324 e. The average molecular weight is 265 g/mol. The van der Waals surface area contributed by atoms with Crippen LogP contribution in [-0.2, 0) is 0 Å². The molecule has 1 aromatic heterocycles. The van der Waals surface area contributed by atoms with Crippen molar-refractivity contribution in [3.8, 4) is 12.0 Å². The van der Waals surface area contributed by atoms with E-state index in [4.69, 9.17) is 9.47 Å². The van der Waals surface area contributed by atoms with E-state index in [1.54, 1.807) is 14.2 Å². The zero-order valence-electron chi connectivity index (χ0n) is 11.5. The van der Waals surface area contributed by atoms with Gasteiger partial charge in [-0.1, -0.05) is 0 Å². The molecule has 1 aromatic rings. The van der Waals surface area contributed by atoms with Crippen molar-refractivity contribution in [2.75, 3.05) is 52.3 Å². The van der Waals surface area contributed by atoms with Gasteiger partial charge in [0.2, 0.25) is 5.95 Å². The second-order valence-corrected chi connectivity index (χ2v) is 5.26. The van der Waals surface area contributed by atoms with Crippen LogP contribution in [0.3, 0.4) is 0 Å². The van der Waals surface area contributed by atoms with E-state index in [1.807, 2.05) is 0 Å². The highest BCUT2D eigenvalue weighted by Crippen LogP contribution is 2.32. The fraction of sp³-hybridized carbons (Fsp3) is 0.750. The molecule has 0 bridgehead atoms. The summed E-state index contributed by atoms with van der Waals surface area (Å²) in [6.07, 6.45) is 0. The monoisotopic (exact) mass is 265 g/mol. The summed E-state index contributed by atoms with van der Waals surface area (Å²) in [5, 5.41) is 0. The summed E-state index contributed by atoms with van der Waals surface area (Å²) in [5.41, 5.74) is 0. The van der Waals surface area contributed by atoms with E-state index in [-0.39, 0.29) is 0 Å². The van der Waals surface area contributed by atoms with Crippen LogP contribution in [0.1, 0.15) is 0 Å². The largest absolute Gasteiger partial charge is 0.467 e. The van der Waals surface area contributed by atoms with Gasteiger partial charge in [0.1, 0.15) is 0 Å². The zero-order valence-corrected chi connectivity index (χ0v) is 11.5. The first kappa shape index (κ1) is 12.4. The molecule has 0 aromatic carbocycles. The summed E-state index contributed by atoms with van der Waals surface area (Å²) >= 11 is 0. The van der Waals surface area contributed by atoms with E-state index >= 15 is 0 Å². The molecule has 3 heterocycles. The standard InChI is InChI=1S/C12H19N5O2/c1-16-4-8-6-17(7-9(8)5-16)10-13-11(18-2)15-12(14-10)19-3/h8-9H,4-7H2,1-3H3. The predicted molar refractivity (Wildman–Crippen MR) is 69.6 cm³/mol. The number of nitrogens with zero attached hydrogens (tertiary/aromatic N) is 5. The molecule has 2 saturated heterocycles. The molecular weight excluding hydrogens is 246 g/mol. The van der Waals surface area contributed by atoms with Crippen LogP contribution in [0.4, 0.5) is 5.95 Å². The minimum Gasteiger partial charge on any atom is -0.467 e. The number of ether oxygens (including phenoxy) is 2. The van der Waals surface area contributed by atoms with Crippen molar-refractivity contribution in [1.82, 2.24) is 19.9 Å². The Morgan fingerprint density at radius 1 is 0.895 bits per heavy atom. The third-order valence-corrected chi connectivity index (χ3v) is 3.90.